The van der Waals surface area contributed by atoms with Gasteiger partial charge in [0.1, 0.15) is 23.6 Å². The quantitative estimate of drug-likeness (QED) is 0.802. The second-order valence-corrected chi connectivity index (χ2v) is 4.91. The van der Waals surface area contributed by atoms with Crippen LogP contribution in [0.5, 0.6) is 0 Å². The monoisotopic (exact) mass is 288 g/mol. The molecule has 0 radical (unpaired) electrons. The van der Waals surface area contributed by atoms with E-state index in [9.17, 15) is 13.9 Å². The van der Waals surface area contributed by atoms with Gasteiger partial charge in [-0.3, -0.25) is 0 Å². The van der Waals surface area contributed by atoms with Crippen molar-refractivity contribution in [2.75, 3.05) is 0 Å². The fourth-order valence-corrected chi connectivity index (χ4v) is 2.52. The lowest BCUT2D eigenvalue weighted by Crippen LogP contribution is -2.13. The first-order valence-electron chi connectivity index (χ1n) is 6.62. The Bertz CT molecular complexity index is 778. The second kappa shape index (κ2) is 5.26. The molecule has 1 aromatic heterocycles. The molecule has 0 saturated heterocycles. The minimum atomic E-state index is -1.28. The van der Waals surface area contributed by atoms with Crippen molar-refractivity contribution in [3.05, 3.63) is 65.5 Å². The van der Waals surface area contributed by atoms with Crippen LogP contribution in [0.15, 0.2) is 42.5 Å². The van der Waals surface area contributed by atoms with Crippen LogP contribution in [0.2, 0.25) is 0 Å². The molecule has 0 bridgehead atoms. The molecule has 108 valence electrons. The molecule has 0 amide bonds. The van der Waals surface area contributed by atoms with E-state index in [2.05, 4.69) is 4.98 Å². The second-order valence-electron chi connectivity index (χ2n) is 4.91. The summed E-state index contributed by atoms with van der Waals surface area (Å²) < 4.78 is 29.2. The van der Waals surface area contributed by atoms with E-state index in [4.69, 9.17) is 0 Å². The first-order chi connectivity index (χ1) is 10.1. The lowest BCUT2D eigenvalue weighted by atomic mass is 10.1. The molecule has 5 heteroatoms. The molecule has 3 rings (SSSR count). The van der Waals surface area contributed by atoms with Gasteiger partial charge >= 0.3 is 0 Å². The molecular formula is C16H14F2N2O. The molecule has 21 heavy (non-hydrogen) atoms. The summed E-state index contributed by atoms with van der Waals surface area (Å²) in [6.07, 6.45) is -1.28. The van der Waals surface area contributed by atoms with Gasteiger partial charge < -0.3 is 9.67 Å². The van der Waals surface area contributed by atoms with Crippen molar-refractivity contribution in [3.8, 4) is 0 Å². The fourth-order valence-electron chi connectivity index (χ4n) is 2.52. The molecule has 3 nitrogen and oxygen atoms in total. The fraction of sp³-hybridized carbons (Fsp3) is 0.188. The Labute approximate surface area is 120 Å². The molecule has 3 aromatic rings. The van der Waals surface area contributed by atoms with Gasteiger partial charge in [-0.05, 0) is 31.2 Å². The molecule has 0 saturated carbocycles. The van der Waals surface area contributed by atoms with E-state index in [1.807, 2.05) is 24.3 Å². The van der Waals surface area contributed by atoms with Gasteiger partial charge in [-0.15, -0.1) is 0 Å². The van der Waals surface area contributed by atoms with Crippen molar-refractivity contribution in [3.63, 3.8) is 0 Å². The van der Waals surface area contributed by atoms with E-state index in [0.29, 0.717) is 5.82 Å². The standard InChI is InChI=1S/C16H14F2N2O/c1-10-19-13-7-2-3-8-14(13)20(10)9-15(21)16-11(17)5-4-6-12(16)18/h2-8,15,21H,9H2,1H3/t15-/m1/s1. The van der Waals surface area contributed by atoms with Gasteiger partial charge in [0, 0.05) is 0 Å². The lowest BCUT2D eigenvalue weighted by molar-refractivity contribution is 0.148. The Morgan fingerprint density at radius 3 is 2.48 bits per heavy atom. The molecule has 1 atom stereocenters. The summed E-state index contributed by atoms with van der Waals surface area (Å²) >= 11 is 0. The number of hydrogen-bond acceptors (Lipinski definition) is 2. The van der Waals surface area contributed by atoms with E-state index in [1.54, 1.807) is 11.5 Å². The highest BCUT2D eigenvalue weighted by molar-refractivity contribution is 5.75. The average molecular weight is 288 g/mol. The smallest absolute Gasteiger partial charge is 0.132 e. The molecule has 0 aliphatic rings. The third-order valence-corrected chi connectivity index (χ3v) is 3.53. The predicted octanol–water partition coefficient (Wildman–Crippen LogP) is 3.36. The van der Waals surface area contributed by atoms with Crippen LogP contribution in [0.4, 0.5) is 8.78 Å². The zero-order valence-electron chi connectivity index (χ0n) is 11.4. The maximum absolute atomic E-state index is 13.7. The SMILES string of the molecule is Cc1nc2ccccc2n1C[C@@H](O)c1c(F)cccc1F. The van der Waals surface area contributed by atoms with Crippen molar-refractivity contribution in [2.24, 2.45) is 0 Å². The predicted molar refractivity (Wildman–Crippen MR) is 75.8 cm³/mol. The van der Waals surface area contributed by atoms with Gasteiger partial charge in [0.25, 0.3) is 0 Å². The Morgan fingerprint density at radius 1 is 1.10 bits per heavy atom. The Kier molecular flexibility index (Phi) is 3.43. The lowest BCUT2D eigenvalue weighted by Gasteiger charge is -2.15. The third-order valence-electron chi connectivity index (χ3n) is 3.53. The molecule has 1 heterocycles. The van der Waals surface area contributed by atoms with Crippen LogP contribution in [0, 0.1) is 18.6 Å². The van der Waals surface area contributed by atoms with Crippen molar-refractivity contribution < 1.29 is 13.9 Å². The summed E-state index contributed by atoms with van der Waals surface area (Å²) in [5.41, 5.74) is 1.30. The summed E-state index contributed by atoms with van der Waals surface area (Å²) in [7, 11) is 0. The highest BCUT2D eigenvalue weighted by Gasteiger charge is 2.20. The van der Waals surface area contributed by atoms with Gasteiger partial charge in [0.15, 0.2) is 0 Å². The van der Waals surface area contributed by atoms with Gasteiger partial charge in [0.05, 0.1) is 23.1 Å². The largest absolute Gasteiger partial charge is 0.386 e. The van der Waals surface area contributed by atoms with Crippen LogP contribution in [0.3, 0.4) is 0 Å². The van der Waals surface area contributed by atoms with Crippen LogP contribution in [0.25, 0.3) is 11.0 Å². The van der Waals surface area contributed by atoms with Gasteiger partial charge in [-0.1, -0.05) is 18.2 Å². The summed E-state index contributed by atoms with van der Waals surface area (Å²) in [5.74, 6) is -0.804. The van der Waals surface area contributed by atoms with Crippen LogP contribution in [0.1, 0.15) is 17.5 Å². The number of para-hydroxylation sites is 2. The number of benzene rings is 2. The van der Waals surface area contributed by atoms with Gasteiger partial charge in [0.2, 0.25) is 0 Å². The first kappa shape index (κ1) is 13.7. The van der Waals surface area contributed by atoms with Crippen LogP contribution in [-0.2, 0) is 6.54 Å². The molecule has 0 spiro atoms. The number of aliphatic hydroxyl groups excluding tert-OH is 1. The highest BCUT2D eigenvalue weighted by atomic mass is 19.1. The van der Waals surface area contributed by atoms with Crippen molar-refractivity contribution >= 4 is 11.0 Å². The molecule has 0 unspecified atom stereocenters. The maximum atomic E-state index is 13.7. The van der Waals surface area contributed by atoms with E-state index in [-0.39, 0.29) is 12.1 Å². The van der Waals surface area contributed by atoms with Gasteiger partial charge in [-0.2, -0.15) is 0 Å². The molecule has 1 N–H and O–H groups in total. The molecule has 2 aromatic carbocycles. The van der Waals surface area contributed by atoms with Crippen LogP contribution < -0.4 is 0 Å². The summed E-state index contributed by atoms with van der Waals surface area (Å²) in [5, 5.41) is 10.2. The molecule has 0 aliphatic carbocycles. The third kappa shape index (κ3) is 2.40. The van der Waals surface area contributed by atoms with Crippen molar-refractivity contribution in [1.29, 1.82) is 0 Å². The number of aromatic nitrogens is 2. The van der Waals surface area contributed by atoms with Gasteiger partial charge in [-0.25, -0.2) is 13.8 Å². The number of imidazole rings is 1. The van der Waals surface area contributed by atoms with E-state index in [0.717, 1.165) is 23.2 Å². The normalized spacial score (nSPS) is 12.8. The Hall–Kier alpha value is -2.27. The number of rotatable bonds is 3. The summed E-state index contributed by atoms with van der Waals surface area (Å²) in [6.45, 7) is 1.84. The number of aliphatic hydroxyl groups is 1. The maximum Gasteiger partial charge on any atom is 0.132 e. The minimum Gasteiger partial charge on any atom is -0.386 e. The number of nitrogens with zero attached hydrogens (tertiary/aromatic N) is 2. The first-order valence-corrected chi connectivity index (χ1v) is 6.62. The Balaban J connectivity index is 2.00. The highest BCUT2D eigenvalue weighted by Crippen LogP contribution is 2.24. The zero-order chi connectivity index (χ0) is 15.0. The minimum absolute atomic E-state index is 0.0458. The van der Waals surface area contributed by atoms with E-state index in [1.165, 1.54) is 6.07 Å². The summed E-state index contributed by atoms with van der Waals surface area (Å²) in [4.78, 5) is 4.37. The van der Waals surface area contributed by atoms with E-state index < -0.39 is 17.7 Å². The number of aryl methyl sites for hydroxylation is 1. The number of halogens is 2. The average Bonchev–Trinajstić information content (AvgIpc) is 2.75. The summed E-state index contributed by atoms with van der Waals surface area (Å²) in [6, 6.07) is 11.0. The van der Waals surface area contributed by atoms with Crippen LogP contribution in [-0.4, -0.2) is 14.7 Å². The van der Waals surface area contributed by atoms with E-state index >= 15 is 0 Å². The molecule has 0 aliphatic heterocycles. The molecular weight excluding hydrogens is 274 g/mol. The Morgan fingerprint density at radius 2 is 1.76 bits per heavy atom. The van der Waals surface area contributed by atoms with Crippen molar-refractivity contribution in [2.45, 2.75) is 19.6 Å². The number of hydrogen-bond donors (Lipinski definition) is 1. The van der Waals surface area contributed by atoms with Crippen LogP contribution >= 0.6 is 0 Å². The molecule has 0 fully saturated rings. The topological polar surface area (TPSA) is 38.0 Å². The zero-order valence-corrected chi connectivity index (χ0v) is 11.4. The van der Waals surface area contributed by atoms with Crippen molar-refractivity contribution in [1.82, 2.24) is 9.55 Å². The number of fused-ring (bicyclic) bond motifs is 1.